The molecule has 0 amide bonds. The molecule has 6 atom stereocenters. The van der Waals surface area contributed by atoms with E-state index in [1.807, 2.05) is 11.9 Å². The minimum atomic E-state index is -0.664. The SMILES string of the molecule is CC1CCCN1CC1CC(C)N(CC2CC(C(=O)O)N(C)C2)C1C. The standard InChI is InChI=1S/C19H35N3O2/c1-13-6-5-7-21(13)12-17-8-14(2)22(15(17)3)11-16-9-18(19(23)24)20(4)10-16/h13-18H,5-12H2,1-4H3,(H,23,24). The van der Waals surface area contributed by atoms with E-state index in [9.17, 15) is 9.90 Å². The lowest BCUT2D eigenvalue weighted by Crippen LogP contribution is -2.41. The molecule has 6 unspecified atom stereocenters. The summed E-state index contributed by atoms with van der Waals surface area (Å²) in [6, 6.07) is 1.70. The third-order valence-electron chi connectivity index (χ3n) is 6.96. The van der Waals surface area contributed by atoms with E-state index in [1.54, 1.807) is 0 Å². The molecule has 0 spiro atoms. The molecule has 0 saturated carbocycles. The molecule has 0 radical (unpaired) electrons. The molecule has 0 aliphatic carbocycles. The summed E-state index contributed by atoms with van der Waals surface area (Å²) in [6.45, 7) is 11.6. The second-order valence-corrected chi connectivity index (χ2v) is 8.66. The fourth-order valence-electron chi connectivity index (χ4n) is 5.41. The van der Waals surface area contributed by atoms with Crippen molar-refractivity contribution in [2.45, 2.75) is 70.6 Å². The van der Waals surface area contributed by atoms with Crippen LogP contribution in [-0.2, 0) is 4.79 Å². The molecule has 0 aromatic carbocycles. The lowest BCUT2D eigenvalue weighted by Gasteiger charge is -2.32. The van der Waals surface area contributed by atoms with E-state index >= 15 is 0 Å². The summed E-state index contributed by atoms with van der Waals surface area (Å²) < 4.78 is 0. The fourth-order valence-corrected chi connectivity index (χ4v) is 5.41. The van der Waals surface area contributed by atoms with Crippen LogP contribution in [-0.4, -0.2) is 83.2 Å². The summed E-state index contributed by atoms with van der Waals surface area (Å²) in [5, 5.41) is 9.33. The van der Waals surface area contributed by atoms with Crippen molar-refractivity contribution in [3.05, 3.63) is 0 Å². The predicted molar refractivity (Wildman–Crippen MR) is 96.2 cm³/mol. The molecule has 3 aliphatic rings. The molecule has 3 aliphatic heterocycles. The lowest BCUT2D eigenvalue weighted by atomic mass is 9.99. The fraction of sp³-hybridized carbons (Fsp3) is 0.947. The van der Waals surface area contributed by atoms with Gasteiger partial charge in [0, 0.05) is 37.8 Å². The van der Waals surface area contributed by atoms with Crippen molar-refractivity contribution in [2.75, 3.05) is 33.2 Å². The zero-order valence-electron chi connectivity index (χ0n) is 15.8. The molecule has 3 rings (SSSR count). The monoisotopic (exact) mass is 337 g/mol. The first-order valence-electron chi connectivity index (χ1n) is 9.79. The van der Waals surface area contributed by atoms with Crippen molar-refractivity contribution >= 4 is 5.97 Å². The summed E-state index contributed by atoms with van der Waals surface area (Å²) in [4.78, 5) is 18.7. The Labute approximate surface area is 147 Å². The van der Waals surface area contributed by atoms with Gasteiger partial charge in [0.25, 0.3) is 0 Å². The number of aliphatic carboxylic acids is 1. The van der Waals surface area contributed by atoms with Crippen LogP contribution in [0.5, 0.6) is 0 Å². The van der Waals surface area contributed by atoms with Crippen LogP contribution in [0, 0.1) is 11.8 Å². The van der Waals surface area contributed by atoms with E-state index in [-0.39, 0.29) is 6.04 Å². The van der Waals surface area contributed by atoms with E-state index in [0.717, 1.165) is 31.5 Å². The van der Waals surface area contributed by atoms with Crippen LogP contribution in [0.3, 0.4) is 0 Å². The zero-order chi connectivity index (χ0) is 17.4. The molecular formula is C19H35N3O2. The average molecular weight is 338 g/mol. The van der Waals surface area contributed by atoms with Gasteiger partial charge >= 0.3 is 5.97 Å². The average Bonchev–Trinajstić information content (AvgIpc) is 3.15. The molecule has 5 heteroatoms. The largest absolute Gasteiger partial charge is 0.480 e. The number of carboxylic acids is 1. The van der Waals surface area contributed by atoms with Gasteiger partial charge in [-0.1, -0.05) is 0 Å². The number of likely N-dealkylation sites (tertiary alicyclic amines) is 3. The summed E-state index contributed by atoms with van der Waals surface area (Å²) >= 11 is 0. The lowest BCUT2D eigenvalue weighted by molar-refractivity contribution is -0.141. The summed E-state index contributed by atoms with van der Waals surface area (Å²) in [5.41, 5.74) is 0. The smallest absolute Gasteiger partial charge is 0.320 e. The number of carboxylic acid groups (broad SMARTS) is 1. The van der Waals surface area contributed by atoms with Gasteiger partial charge in [-0.3, -0.25) is 14.6 Å². The highest BCUT2D eigenvalue weighted by Crippen LogP contribution is 2.34. The Balaban J connectivity index is 1.55. The Morgan fingerprint density at radius 3 is 2.46 bits per heavy atom. The number of hydrogen-bond donors (Lipinski definition) is 1. The van der Waals surface area contributed by atoms with Gasteiger partial charge in [-0.25, -0.2) is 0 Å². The van der Waals surface area contributed by atoms with Crippen LogP contribution in [0.2, 0.25) is 0 Å². The Kier molecular flexibility index (Phi) is 5.52. The van der Waals surface area contributed by atoms with E-state index in [1.165, 1.54) is 32.4 Å². The van der Waals surface area contributed by atoms with E-state index in [2.05, 4.69) is 30.6 Å². The number of hydrogen-bond acceptors (Lipinski definition) is 4. The van der Waals surface area contributed by atoms with Crippen LogP contribution in [0.1, 0.15) is 46.5 Å². The highest BCUT2D eigenvalue weighted by molar-refractivity contribution is 5.73. The minimum Gasteiger partial charge on any atom is -0.480 e. The van der Waals surface area contributed by atoms with Crippen molar-refractivity contribution in [3.63, 3.8) is 0 Å². The molecule has 5 nitrogen and oxygen atoms in total. The molecule has 138 valence electrons. The second kappa shape index (κ2) is 7.30. The Morgan fingerprint density at radius 1 is 1.12 bits per heavy atom. The molecule has 0 bridgehead atoms. The number of rotatable bonds is 5. The molecule has 3 fully saturated rings. The first kappa shape index (κ1) is 18.2. The molecule has 0 aromatic rings. The van der Waals surface area contributed by atoms with Crippen molar-refractivity contribution in [2.24, 2.45) is 11.8 Å². The number of likely N-dealkylation sites (N-methyl/N-ethyl adjacent to an activating group) is 1. The summed E-state index contributed by atoms with van der Waals surface area (Å²) in [6.07, 6.45) is 4.79. The quantitative estimate of drug-likeness (QED) is 0.831. The third-order valence-corrected chi connectivity index (χ3v) is 6.96. The van der Waals surface area contributed by atoms with Crippen molar-refractivity contribution in [1.82, 2.24) is 14.7 Å². The molecule has 3 saturated heterocycles. The maximum Gasteiger partial charge on any atom is 0.320 e. The Morgan fingerprint density at radius 2 is 1.88 bits per heavy atom. The highest BCUT2D eigenvalue weighted by atomic mass is 16.4. The highest BCUT2D eigenvalue weighted by Gasteiger charge is 2.41. The minimum absolute atomic E-state index is 0.288. The van der Waals surface area contributed by atoms with E-state index in [0.29, 0.717) is 18.0 Å². The number of carbonyl (C=O) groups is 1. The second-order valence-electron chi connectivity index (χ2n) is 8.66. The molecule has 1 N–H and O–H groups in total. The van der Waals surface area contributed by atoms with Gasteiger partial charge in [0.2, 0.25) is 0 Å². The van der Waals surface area contributed by atoms with Gasteiger partial charge in [-0.2, -0.15) is 0 Å². The number of nitrogens with zero attached hydrogens (tertiary/aromatic N) is 3. The maximum absolute atomic E-state index is 11.3. The summed E-state index contributed by atoms with van der Waals surface area (Å²) in [7, 11) is 1.95. The van der Waals surface area contributed by atoms with Gasteiger partial charge < -0.3 is 10.0 Å². The van der Waals surface area contributed by atoms with Crippen LogP contribution < -0.4 is 0 Å². The third kappa shape index (κ3) is 3.63. The van der Waals surface area contributed by atoms with Crippen molar-refractivity contribution in [3.8, 4) is 0 Å². The molecule has 3 heterocycles. The predicted octanol–water partition coefficient (Wildman–Crippen LogP) is 1.97. The van der Waals surface area contributed by atoms with Crippen LogP contribution in [0.15, 0.2) is 0 Å². The van der Waals surface area contributed by atoms with E-state index < -0.39 is 5.97 Å². The Hall–Kier alpha value is -0.650. The zero-order valence-corrected chi connectivity index (χ0v) is 15.8. The molecule has 0 aromatic heterocycles. The van der Waals surface area contributed by atoms with Gasteiger partial charge in [0.1, 0.15) is 6.04 Å². The van der Waals surface area contributed by atoms with Gasteiger partial charge in [-0.05, 0) is 71.9 Å². The van der Waals surface area contributed by atoms with Crippen LogP contribution >= 0.6 is 0 Å². The van der Waals surface area contributed by atoms with Crippen molar-refractivity contribution in [1.29, 1.82) is 0 Å². The van der Waals surface area contributed by atoms with Gasteiger partial charge in [0.05, 0.1) is 0 Å². The van der Waals surface area contributed by atoms with Crippen LogP contribution in [0.4, 0.5) is 0 Å². The Bertz CT molecular complexity index is 458. The topological polar surface area (TPSA) is 47.0 Å². The van der Waals surface area contributed by atoms with Gasteiger partial charge in [0.15, 0.2) is 0 Å². The first-order valence-corrected chi connectivity index (χ1v) is 9.79. The van der Waals surface area contributed by atoms with Crippen molar-refractivity contribution < 1.29 is 9.90 Å². The first-order chi connectivity index (χ1) is 11.4. The molecular weight excluding hydrogens is 302 g/mol. The maximum atomic E-state index is 11.3. The molecule has 24 heavy (non-hydrogen) atoms. The van der Waals surface area contributed by atoms with E-state index in [4.69, 9.17) is 0 Å². The summed E-state index contributed by atoms with van der Waals surface area (Å²) in [5.74, 6) is 0.587. The van der Waals surface area contributed by atoms with Crippen LogP contribution in [0.25, 0.3) is 0 Å². The normalized spacial score (nSPS) is 42.2. The van der Waals surface area contributed by atoms with Gasteiger partial charge in [-0.15, -0.1) is 0 Å².